The summed E-state index contributed by atoms with van der Waals surface area (Å²) in [7, 11) is 1.70. The number of hydrogen-bond donors (Lipinski definition) is 3. The lowest BCUT2D eigenvalue weighted by Crippen LogP contribution is -2.40. The van der Waals surface area contributed by atoms with Crippen LogP contribution in [0.4, 0.5) is 5.82 Å². The van der Waals surface area contributed by atoms with E-state index in [0.29, 0.717) is 31.3 Å². The smallest absolute Gasteiger partial charge is 0.227 e. The van der Waals surface area contributed by atoms with Crippen molar-refractivity contribution in [2.45, 2.75) is 47.1 Å². The van der Waals surface area contributed by atoms with Gasteiger partial charge in [0.05, 0.1) is 12.6 Å². The number of aryl methyl sites for hydroxylation is 1. The third kappa shape index (κ3) is 8.29. The Morgan fingerprint density at radius 1 is 1.31 bits per heavy atom. The number of pyridine rings is 1. The molecule has 26 heavy (non-hydrogen) atoms. The molecule has 1 rings (SSSR count). The van der Waals surface area contributed by atoms with E-state index in [4.69, 9.17) is 4.74 Å². The van der Waals surface area contributed by atoms with Gasteiger partial charge in [0.25, 0.3) is 0 Å². The predicted octanol–water partition coefficient (Wildman–Crippen LogP) is 2.33. The largest absolute Gasteiger partial charge is 0.379 e. The maximum atomic E-state index is 12.0. The van der Waals surface area contributed by atoms with E-state index in [1.54, 1.807) is 19.4 Å². The molecule has 0 fully saturated rings. The third-order valence-corrected chi connectivity index (χ3v) is 3.83. The van der Waals surface area contributed by atoms with Gasteiger partial charge >= 0.3 is 0 Å². The number of carbonyl (C=O) groups is 1. The molecule has 1 amide bonds. The van der Waals surface area contributed by atoms with E-state index < -0.39 is 0 Å². The van der Waals surface area contributed by atoms with Gasteiger partial charge in [0.15, 0.2) is 5.96 Å². The summed E-state index contributed by atoms with van der Waals surface area (Å²) in [6.45, 7) is 12.1. The molecule has 0 saturated heterocycles. The molecule has 0 spiro atoms. The van der Waals surface area contributed by atoms with Gasteiger partial charge in [-0.15, -0.1) is 0 Å². The molecule has 0 aliphatic heterocycles. The maximum Gasteiger partial charge on any atom is 0.227 e. The number of amides is 1. The number of aliphatic imine (C=N–C) groups is 1. The summed E-state index contributed by atoms with van der Waals surface area (Å²) in [5.41, 5.74) is 1.07. The summed E-state index contributed by atoms with van der Waals surface area (Å²) in [4.78, 5) is 20.7. The van der Waals surface area contributed by atoms with Gasteiger partial charge in [-0.2, -0.15) is 0 Å². The first-order valence-corrected chi connectivity index (χ1v) is 9.03. The Morgan fingerprint density at radius 3 is 2.58 bits per heavy atom. The first-order chi connectivity index (χ1) is 12.3. The van der Waals surface area contributed by atoms with Crippen LogP contribution in [0.1, 0.15) is 39.7 Å². The number of aromatic nitrogens is 1. The zero-order valence-electron chi connectivity index (χ0n) is 16.8. The average Bonchev–Trinajstić information content (AvgIpc) is 2.56. The monoisotopic (exact) mass is 363 g/mol. The van der Waals surface area contributed by atoms with Gasteiger partial charge in [-0.25, -0.2) is 4.98 Å². The topological polar surface area (TPSA) is 87.6 Å². The molecular weight excluding hydrogens is 330 g/mol. The fraction of sp³-hybridized carbons (Fsp3) is 0.632. The van der Waals surface area contributed by atoms with E-state index in [1.165, 1.54) is 0 Å². The molecule has 0 radical (unpaired) electrons. The van der Waals surface area contributed by atoms with Crippen LogP contribution in [0.25, 0.3) is 0 Å². The highest BCUT2D eigenvalue weighted by Crippen LogP contribution is 2.21. The second kappa shape index (κ2) is 10.8. The molecule has 7 heteroatoms. The maximum absolute atomic E-state index is 12.0. The van der Waals surface area contributed by atoms with Crippen LogP contribution in [-0.2, 0) is 9.53 Å². The molecule has 0 saturated carbocycles. The number of ether oxygens (including phenoxy) is 1. The number of carbonyl (C=O) groups excluding carboxylic acids is 1. The summed E-state index contributed by atoms with van der Waals surface area (Å²) in [5, 5.41) is 9.15. The van der Waals surface area contributed by atoms with Crippen molar-refractivity contribution in [3.63, 3.8) is 0 Å². The minimum atomic E-state index is -0.0887. The minimum Gasteiger partial charge on any atom is -0.379 e. The fourth-order valence-corrected chi connectivity index (χ4v) is 2.26. The van der Waals surface area contributed by atoms with Crippen LogP contribution < -0.4 is 16.0 Å². The van der Waals surface area contributed by atoms with Gasteiger partial charge < -0.3 is 20.7 Å². The van der Waals surface area contributed by atoms with Crippen molar-refractivity contribution in [3.8, 4) is 0 Å². The van der Waals surface area contributed by atoms with Crippen LogP contribution in [-0.4, -0.2) is 49.7 Å². The second-order valence-corrected chi connectivity index (χ2v) is 7.26. The fourth-order valence-electron chi connectivity index (χ4n) is 2.26. The van der Waals surface area contributed by atoms with Crippen LogP contribution in [0.5, 0.6) is 0 Å². The molecule has 146 valence electrons. The van der Waals surface area contributed by atoms with Gasteiger partial charge in [0.2, 0.25) is 5.91 Å². The minimum absolute atomic E-state index is 0.0104. The predicted molar refractivity (Wildman–Crippen MR) is 106 cm³/mol. The van der Waals surface area contributed by atoms with E-state index in [-0.39, 0.29) is 17.4 Å². The van der Waals surface area contributed by atoms with Crippen LogP contribution in [0.3, 0.4) is 0 Å². The Hall–Kier alpha value is -2.15. The molecule has 0 aromatic carbocycles. The lowest BCUT2D eigenvalue weighted by molar-refractivity contribution is -0.116. The van der Waals surface area contributed by atoms with Crippen molar-refractivity contribution in [3.05, 3.63) is 23.9 Å². The number of guanidine groups is 1. The quantitative estimate of drug-likeness (QED) is 0.487. The Balaban J connectivity index is 2.48. The Labute approximate surface area is 157 Å². The summed E-state index contributed by atoms with van der Waals surface area (Å²) >= 11 is 0. The van der Waals surface area contributed by atoms with Crippen molar-refractivity contribution in [2.75, 3.05) is 32.1 Å². The molecule has 1 unspecified atom stereocenters. The molecule has 0 bridgehead atoms. The van der Waals surface area contributed by atoms with Crippen LogP contribution in [0.15, 0.2) is 23.3 Å². The van der Waals surface area contributed by atoms with Crippen LogP contribution in [0, 0.1) is 12.3 Å². The van der Waals surface area contributed by atoms with Crippen LogP contribution >= 0.6 is 0 Å². The van der Waals surface area contributed by atoms with Crippen molar-refractivity contribution in [1.82, 2.24) is 15.6 Å². The van der Waals surface area contributed by atoms with Crippen molar-refractivity contribution in [2.24, 2.45) is 10.4 Å². The molecule has 0 aliphatic rings. The Morgan fingerprint density at radius 2 is 2.04 bits per heavy atom. The highest BCUT2D eigenvalue weighted by atomic mass is 16.5. The molecule has 3 N–H and O–H groups in total. The highest BCUT2D eigenvalue weighted by molar-refractivity contribution is 5.90. The molecule has 7 nitrogen and oxygen atoms in total. The zero-order chi connectivity index (χ0) is 19.6. The van der Waals surface area contributed by atoms with Crippen LogP contribution in [0.2, 0.25) is 0 Å². The molecule has 0 aliphatic carbocycles. The van der Waals surface area contributed by atoms with E-state index in [1.807, 2.05) is 19.9 Å². The summed E-state index contributed by atoms with van der Waals surface area (Å²) < 4.78 is 5.53. The molecule has 1 aromatic heterocycles. The molecule has 1 atom stereocenters. The molecule has 1 aromatic rings. The normalized spacial score (nSPS) is 13.2. The van der Waals surface area contributed by atoms with Gasteiger partial charge in [-0.05, 0) is 30.9 Å². The first kappa shape index (κ1) is 21.9. The van der Waals surface area contributed by atoms with Gasteiger partial charge in [0, 0.05) is 32.8 Å². The first-order valence-electron chi connectivity index (χ1n) is 9.03. The number of rotatable bonds is 8. The average molecular weight is 364 g/mol. The number of anilines is 1. The van der Waals surface area contributed by atoms with E-state index in [0.717, 1.165) is 12.1 Å². The Kier molecular flexibility index (Phi) is 9.05. The third-order valence-electron chi connectivity index (χ3n) is 3.83. The summed E-state index contributed by atoms with van der Waals surface area (Å²) in [6.07, 6.45) is 2.08. The van der Waals surface area contributed by atoms with Gasteiger partial charge in [0.1, 0.15) is 5.82 Å². The van der Waals surface area contributed by atoms with Gasteiger partial charge in [-0.3, -0.25) is 9.79 Å². The number of nitrogens with one attached hydrogen (secondary N) is 3. The lowest BCUT2D eigenvalue weighted by atomic mass is 9.89. The number of nitrogens with zero attached hydrogens (tertiary/aromatic N) is 2. The molecule has 1 heterocycles. The summed E-state index contributed by atoms with van der Waals surface area (Å²) in [6, 6.07) is 3.71. The second-order valence-electron chi connectivity index (χ2n) is 7.26. The van der Waals surface area contributed by atoms with E-state index >= 15 is 0 Å². The lowest BCUT2D eigenvalue weighted by Gasteiger charge is -2.28. The highest BCUT2D eigenvalue weighted by Gasteiger charge is 2.24. The Bertz CT molecular complexity index is 579. The zero-order valence-corrected chi connectivity index (χ0v) is 16.8. The van der Waals surface area contributed by atoms with E-state index in [9.17, 15) is 4.79 Å². The molecular formula is C19H33N5O2. The van der Waals surface area contributed by atoms with Crippen molar-refractivity contribution < 1.29 is 9.53 Å². The van der Waals surface area contributed by atoms with Crippen molar-refractivity contribution >= 4 is 17.7 Å². The SMILES string of the molecule is CCNC(=NCC(OC)C(C)(C)C)NCCC(=O)Nc1ccc(C)cn1. The van der Waals surface area contributed by atoms with Gasteiger partial charge in [-0.1, -0.05) is 26.8 Å². The van der Waals surface area contributed by atoms with Crippen molar-refractivity contribution in [1.29, 1.82) is 0 Å². The van der Waals surface area contributed by atoms with E-state index in [2.05, 4.69) is 46.7 Å². The standard InChI is InChI=1S/C19H33N5O2/c1-7-20-18(23-13-15(26-6)19(3,4)5)21-11-10-17(25)24-16-9-8-14(2)12-22-16/h8-9,12,15H,7,10-11,13H2,1-6H3,(H2,20,21,23)(H,22,24,25). The number of hydrogen-bond acceptors (Lipinski definition) is 4. The summed E-state index contributed by atoms with van der Waals surface area (Å²) in [5.74, 6) is 1.16. The number of methoxy groups -OCH3 is 1.